The van der Waals surface area contributed by atoms with Crippen LogP contribution in [0.15, 0.2) is 95.8 Å². The molecular weight excluding hydrogens is 414 g/mol. The van der Waals surface area contributed by atoms with Crippen LogP contribution in [0.25, 0.3) is 11.3 Å². The van der Waals surface area contributed by atoms with E-state index < -0.39 is 5.91 Å². The van der Waals surface area contributed by atoms with Crippen LogP contribution in [0.5, 0.6) is 11.5 Å². The molecule has 4 aromatic rings. The largest absolute Gasteiger partial charge is 0.455 e. The highest BCUT2D eigenvalue weighted by atomic mass is 35.5. The van der Waals surface area contributed by atoms with E-state index in [0.29, 0.717) is 27.9 Å². The summed E-state index contributed by atoms with van der Waals surface area (Å²) in [6.45, 7) is -0.236. The molecule has 0 saturated carbocycles. The Balaban J connectivity index is 1.51. The van der Waals surface area contributed by atoms with Crippen LogP contribution in [0, 0.1) is 0 Å². The molecule has 6 nitrogen and oxygen atoms in total. The molecule has 154 valence electrons. The number of carbonyl (C=O) groups excluding carboxylic acids is 1. The third-order valence-electron chi connectivity index (χ3n) is 4.43. The van der Waals surface area contributed by atoms with Crippen molar-refractivity contribution in [1.29, 1.82) is 0 Å². The Hall–Kier alpha value is -3.90. The predicted octanol–water partition coefficient (Wildman–Crippen LogP) is 4.99. The SMILES string of the molecule is O=C(Cn1nc(-c2ccc(Cl)cc2)ccc1=O)Nc1ccccc1Oc1ccccc1. The predicted molar refractivity (Wildman–Crippen MR) is 121 cm³/mol. The minimum Gasteiger partial charge on any atom is -0.455 e. The van der Waals surface area contributed by atoms with Gasteiger partial charge in [0.2, 0.25) is 5.91 Å². The van der Waals surface area contributed by atoms with E-state index in [1.54, 1.807) is 48.5 Å². The summed E-state index contributed by atoms with van der Waals surface area (Å²) in [6.07, 6.45) is 0. The first kappa shape index (κ1) is 20.4. The van der Waals surface area contributed by atoms with Crippen LogP contribution in [0.1, 0.15) is 0 Å². The standard InChI is InChI=1S/C24H18ClN3O3/c25-18-12-10-17(11-13-18)20-14-15-24(30)28(27-20)16-23(29)26-21-8-4-5-9-22(21)31-19-6-2-1-3-7-19/h1-15H,16H2,(H,26,29). The molecule has 0 unspecified atom stereocenters. The molecule has 0 atom stereocenters. The molecule has 0 saturated heterocycles. The zero-order valence-corrected chi connectivity index (χ0v) is 17.1. The average molecular weight is 432 g/mol. The van der Waals surface area contributed by atoms with Crippen LogP contribution in [0.4, 0.5) is 5.69 Å². The van der Waals surface area contributed by atoms with Gasteiger partial charge in [0.1, 0.15) is 12.3 Å². The first-order valence-corrected chi connectivity index (χ1v) is 9.92. The van der Waals surface area contributed by atoms with Crippen LogP contribution >= 0.6 is 11.6 Å². The van der Waals surface area contributed by atoms with Crippen molar-refractivity contribution >= 4 is 23.2 Å². The fourth-order valence-electron chi connectivity index (χ4n) is 2.94. The molecule has 1 amide bonds. The summed E-state index contributed by atoms with van der Waals surface area (Å²) in [7, 11) is 0. The number of nitrogens with zero attached hydrogens (tertiary/aromatic N) is 2. The van der Waals surface area contributed by atoms with Crippen LogP contribution in [-0.2, 0) is 11.3 Å². The lowest BCUT2D eigenvalue weighted by Gasteiger charge is -2.13. The number of hydrogen-bond acceptors (Lipinski definition) is 4. The van der Waals surface area contributed by atoms with E-state index >= 15 is 0 Å². The number of nitrogens with one attached hydrogen (secondary N) is 1. The lowest BCUT2D eigenvalue weighted by molar-refractivity contribution is -0.117. The van der Waals surface area contributed by atoms with Crippen molar-refractivity contribution in [1.82, 2.24) is 9.78 Å². The minimum atomic E-state index is -0.396. The van der Waals surface area contributed by atoms with Gasteiger partial charge in [0.05, 0.1) is 11.4 Å². The number of benzene rings is 3. The van der Waals surface area contributed by atoms with E-state index in [0.717, 1.165) is 10.2 Å². The molecule has 0 aliphatic carbocycles. The summed E-state index contributed by atoms with van der Waals surface area (Å²) in [5.74, 6) is 0.752. The number of amides is 1. The zero-order valence-electron chi connectivity index (χ0n) is 16.4. The van der Waals surface area contributed by atoms with Crippen molar-refractivity contribution in [2.45, 2.75) is 6.54 Å². The van der Waals surface area contributed by atoms with Gasteiger partial charge in [0.25, 0.3) is 5.56 Å². The normalized spacial score (nSPS) is 10.5. The van der Waals surface area contributed by atoms with Crippen molar-refractivity contribution in [3.8, 4) is 22.8 Å². The number of aromatic nitrogens is 2. The number of rotatable bonds is 6. The molecule has 0 radical (unpaired) electrons. The third-order valence-corrected chi connectivity index (χ3v) is 4.68. The quantitative estimate of drug-likeness (QED) is 0.466. The number of halogens is 1. The summed E-state index contributed by atoms with van der Waals surface area (Å²) in [5.41, 5.74) is 1.48. The number of hydrogen-bond donors (Lipinski definition) is 1. The van der Waals surface area contributed by atoms with Gasteiger partial charge in [-0.15, -0.1) is 0 Å². The van der Waals surface area contributed by atoms with Gasteiger partial charge < -0.3 is 10.1 Å². The highest BCUT2D eigenvalue weighted by molar-refractivity contribution is 6.30. The van der Waals surface area contributed by atoms with Gasteiger partial charge in [-0.25, -0.2) is 4.68 Å². The summed E-state index contributed by atoms with van der Waals surface area (Å²) in [4.78, 5) is 24.9. The van der Waals surface area contributed by atoms with Crippen molar-refractivity contribution < 1.29 is 9.53 Å². The molecule has 0 bridgehead atoms. The van der Waals surface area contributed by atoms with E-state index in [1.165, 1.54) is 6.07 Å². The topological polar surface area (TPSA) is 73.2 Å². The average Bonchev–Trinajstić information content (AvgIpc) is 2.78. The maximum Gasteiger partial charge on any atom is 0.267 e. The first-order valence-electron chi connectivity index (χ1n) is 9.54. The highest BCUT2D eigenvalue weighted by Gasteiger charge is 2.11. The minimum absolute atomic E-state index is 0.236. The van der Waals surface area contributed by atoms with Crippen LogP contribution in [-0.4, -0.2) is 15.7 Å². The molecule has 31 heavy (non-hydrogen) atoms. The van der Waals surface area contributed by atoms with Crippen LogP contribution in [0.2, 0.25) is 5.02 Å². The van der Waals surface area contributed by atoms with Crippen molar-refractivity contribution in [3.05, 3.63) is 106 Å². The number of anilines is 1. The Morgan fingerprint density at radius 3 is 2.39 bits per heavy atom. The first-order chi connectivity index (χ1) is 15.1. The van der Waals surface area contributed by atoms with E-state index in [2.05, 4.69) is 10.4 Å². The van der Waals surface area contributed by atoms with Gasteiger partial charge in [-0.05, 0) is 42.5 Å². The number of ether oxygens (including phenoxy) is 1. The molecule has 3 aromatic carbocycles. The molecule has 1 N–H and O–H groups in total. The zero-order chi connectivity index (χ0) is 21.6. The van der Waals surface area contributed by atoms with Crippen LogP contribution < -0.4 is 15.6 Å². The maximum atomic E-state index is 12.6. The van der Waals surface area contributed by atoms with Gasteiger partial charge in [0.15, 0.2) is 5.75 Å². The maximum absolute atomic E-state index is 12.6. The summed E-state index contributed by atoms with van der Waals surface area (Å²) >= 11 is 5.93. The second-order valence-corrected chi connectivity index (χ2v) is 7.12. The smallest absolute Gasteiger partial charge is 0.267 e. The molecule has 4 rings (SSSR count). The fourth-order valence-corrected chi connectivity index (χ4v) is 3.06. The van der Waals surface area contributed by atoms with Crippen molar-refractivity contribution in [2.75, 3.05) is 5.32 Å². The molecular formula is C24H18ClN3O3. The third kappa shape index (κ3) is 5.18. The summed E-state index contributed by atoms with van der Waals surface area (Å²) < 4.78 is 6.99. The molecule has 1 aromatic heterocycles. The second-order valence-electron chi connectivity index (χ2n) is 6.68. The molecule has 0 aliphatic rings. The van der Waals surface area contributed by atoms with Crippen molar-refractivity contribution in [3.63, 3.8) is 0 Å². The Bertz CT molecular complexity index is 1260. The van der Waals surface area contributed by atoms with Gasteiger partial charge in [-0.2, -0.15) is 5.10 Å². The van der Waals surface area contributed by atoms with E-state index in [1.807, 2.05) is 36.4 Å². The lowest BCUT2D eigenvalue weighted by Crippen LogP contribution is -2.29. The van der Waals surface area contributed by atoms with E-state index in [-0.39, 0.29) is 12.1 Å². The number of para-hydroxylation sites is 3. The van der Waals surface area contributed by atoms with E-state index in [9.17, 15) is 9.59 Å². The molecule has 0 fully saturated rings. The van der Waals surface area contributed by atoms with Crippen LogP contribution in [0.3, 0.4) is 0 Å². The highest BCUT2D eigenvalue weighted by Crippen LogP contribution is 2.29. The van der Waals surface area contributed by atoms with Gasteiger partial charge in [-0.1, -0.05) is 54.1 Å². The molecule has 0 spiro atoms. The second kappa shape index (κ2) is 9.28. The van der Waals surface area contributed by atoms with Gasteiger partial charge in [0, 0.05) is 16.7 Å². The Morgan fingerprint density at radius 2 is 1.61 bits per heavy atom. The summed E-state index contributed by atoms with van der Waals surface area (Å²) in [5, 5.41) is 7.71. The Kier molecular flexibility index (Phi) is 6.10. The molecule has 1 heterocycles. The fraction of sp³-hybridized carbons (Fsp3) is 0.0417. The van der Waals surface area contributed by atoms with Crippen molar-refractivity contribution in [2.24, 2.45) is 0 Å². The van der Waals surface area contributed by atoms with Gasteiger partial charge >= 0.3 is 0 Å². The van der Waals surface area contributed by atoms with Gasteiger partial charge in [-0.3, -0.25) is 9.59 Å². The molecule has 0 aliphatic heterocycles. The molecule has 7 heteroatoms. The number of carbonyl (C=O) groups is 1. The Morgan fingerprint density at radius 1 is 0.903 bits per heavy atom. The summed E-state index contributed by atoms with van der Waals surface area (Å²) in [6, 6.07) is 26.4. The Labute approximate surface area is 183 Å². The lowest BCUT2D eigenvalue weighted by atomic mass is 10.1. The monoisotopic (exact) mass is 431 g/mol. The van der Waals surface area contributed by atoms with E-state index in [4.69, 9.17) is 16.3 Å².